The quantitative estimate of drug-likeness (QED) is 0.725. The molecule has 2 aromatic heterocycles. The zero-order valence-electron chi connectivity index (χ0n) is 16.0. The van der Waals surface area contributed by atoms with Crippen LogP contribution in [0.25, 0.3) is 22.3 Å². The zero-order chi connectivity index (χ0) is 18.8. The fraction of sp³-hybridized carbons (Fsp3) is 0.429. The molecule has 138 valence electrons. The molecule has 0 saturated heterocycles. The van der Waals surface area contributed by atoms with E-state index in [4.69, 9.17) is 0 Å². The standard InChI is InChI=1S/C21H27N3O2/c1-5-7-11-24-18-13-17(16-10-8-9-15(12-16)14(3)4)22-19(18)20(25)23(6-2)21(24)26/h8-10,12-14,22H,5-7,11H2,1-4H3. The van der Waals surface area contributed by atoms with E-state index in [-0.39, 0.29) is 11.2 Å². The van der Waals surface area contributed by atoms with Gasteiger partial charge in [-0.05, 0) is 42.5 Å². The fourth-order valence-electron chi connectivity index (χ4n) is 3.32. The first kappa shape index (κ1) is 18.2. The number of hydrogen-bond acceptors (Lipinski definition) is 2. The molecule has 5 heteroatoms. The number of H-pyrrole nitrogens is 1. The van der Waals surface area contributed by atoms with Gasteiger partial charge in [0.25, 0.3) is 5.56 Å². The summed E-state index contributed by atoms with van der Waals surface area (Å²) in [6.45, 7) is 9.23. The Balaban J connectivity index is 2.25. The maximum atomic E-state index is 12.7. The van der Waals surface area contributed by atoms with Gasteiger partial charge in [0.1, 0.15) is 5.52 Å². The number of aromatic nitrogens is 3. The van der Waals surface area contributed by atoms with Gasteiger partial charge < -0.3 is 4.98 Å². The Hall–Kier alpha value is -2.56. The van der Waals surface area contributed by atoms with Crippen molar-refractivity contribution in [2.75, 3.05) is 0 Å². The third-order valence-corrected chi connectivity index (χ3v) is 4.92. The van der Waals surface area contributed by atoms with Gasteiger partial charge in [-0.2, -0.15) is 0 Å². The lowest BCUT2D eigenvalue weighted by atomic mass is 10.00. The highest BCUT2D eigenvalue weighted by atomic mass is 16.2. The topological polar surface area (TPSA) is 59.8 Å². The van der Waals surface area contributed by atoms with Crippen molar-refractivity contribution >= 4 is 11.0 Å². The third-order valence-electron chi connectivity index (χ3n) is 4.92. The third kappa shape index (κ3) is 3.14. The van der Waals surface area contributed by atoms with Crippen molar-refractivity contribution in [2.24, 2.45) is 0 Å². The Labute approximate surface area is 153 Å². The molecule has 1 N–H and O–H groups in total. The first-order valence-electron chi connectivity index (χ1n) is 9.44. The van der Waals surface area contributed by atoms with Gasteiger partial charge in [-0.1, -0.05) is 45.4 Å². The zero-order valence-corrected chi connectivity index (χ0v) is 16.0. The molecule has 0 saturated carbocycles. The molecule has 0 atom stereocenters. The highest BCUT2D eigenvalue weighted by molar-refractivity contribution is 5.82. The van der Waals surface area contributed by atoms with Crippen molar-refractivity contribution in [3.8, 4) is 11.3 Å². The summed E-state index contributed by atoms with van der Waals surface area (Å²) < 4.78 is 3.04. The Morgan fingerprint density at radius 3 is 2.50 bits per heavy atom. The van der Waals surface area contributed by atoms with Crippen molar-refractivity contribution in [3.05, 3.63) is 56.7 Å². The SMILES string of the molecule is CCCCn1c(=O)n(CC)c(=O)c2[nH]c(-c3cccc(C(C)C)c3)cc21. The second kappa shape index (κ2) is 7.36. The number of fused-ring (bicyclic) bond motifs is 1. The van der Waals surface area contributed by atoms with Crippen molar-refractivity contribution in [1.29, 1.82) is 0 Å². The number of aromatic amines is 1. The van der Waals surface area contributed by atoms with Crippen LogP contribution in [0.3, 0.4) is 0 Å². The second-order valence-electron chi connectivity index (χ2n) is 7.06. The number of benzene rings is 1. The normalized spacial score (nSPS) is 11.6. The van der Waals surface area contributed by atoms with Crippen LogP contribution in [-0.2, 0) is 13.1 Å². The predicted octanol–water partition coefficient (Wildman–Crippen LogP) is 4.10. The summed E-state index contributed by atoms with van der Waals surface area (Å²) in [6, 6.07) is 10.3. The lowest BCUT2D eigenvalue weighted by Gasteiger charge is -2.10. The Kier molecular flexibility index (Phi) is 5.16. The van der Waals surface area contributed by atoms with Crippen LogP contribution in [0.5, 0.6) is 0 Å². The van der Waals surface area contributed by atoms with E-state index < -0.39 is 0 Å². The number of nitrogens with zero attached hydrogens (tertiary/aromatic N) is 2. The first-order chi connectivity index (χ1) is 12.5. The molecule has 0 amide bonds. The van der Waals surface area contributed by atoms with Crippen LogP contribution in [0.1, 0.15) is 52.0 Å². The van der Waals surface area contributed by atoms with Gasteiger partial charge in [0.2, 0.25) is 0 Å². The Bertz CT molecular complexity index is 1040. The van der Waals surface area contributed by atoms with Gasteiger partial charge >= 0.3 is 5.69 Å². The average Bonchev–Trinajstić information content (AvgIpc) is 3.08. The molecule has 0 bridgehead atoms. The highest BCUT2D eigenvalue weighted by Crippen LogP contribution is 2.25. The van der Waals surface area contributed by atoms with Gasteiger partial charge in [0, 0.05) is 18.8 Å². The molecule has 5 nitrogen and oxygen atoms in total. The predicted molar refractivity (Wildman–Crippen MR) is 107 cm³/mol. The van der Waals surface area contributed by atoms with Crippen LogP contribution in [0.15, 0.2) is 39.9 Å². The van der Waals surface area contributed by atoms with Crippen LogP contribution < -0.4 is 11.2 Å². The highest BCUT2D eigenvalue weighted by Gasteiger charge is 2.16. The van der Waals surface area contributed by atoms with Gasteiger partial charge in [-0.25, -0.2) is 4.79 Å². The molecular weight excluding hydrogens is 326 g/mol. The fourth-order valence-corrected chi connectivity index (χ4v) is 3.32. The Morgan fingerprint density at radius 1 is 1.08 bits per heavy atom. The lowest BCUT2D eigenvalue weighted by molar-refractivity contribution is 0.565. The molecule has 0 radical (unpaired) electrons. The molecule has 0 aliphatic rings. The smallest absolute Gasteiger partial charge is 0.331 e. The summed E-state index contributed by atoms with van der Waals surface area (Å²) in [6.07, 6.45) is 1.90. The van der Waals surface area contributed by atoms with Gasteiger partial charge in [-0.15, -0.1) is 0 Å². The molecule has 1 aromatic carbocycles. The van der Waals surface area contributed by atoms with Crippen LogP contribution in [0, 0.1) is 0 Å². The maximum Gasteiger partial charge on any atom is 0.331 e. The number of unbranched alkanes of at least 4 members (excludes halogenated alkanes) is 1. The number of aryl methyl sites for hydroxylation is 1. The molecule has 0 fully saturated rings. The molecule has 0 aliphatic heterocycles. The van der Waals surface area contributed by atoms with Gasteiger partial charge in [-0.3, -0.25) is 13.9 Å². The van der Waals surface area contributed by atoms with E-state index in [9.17, 15) is 9.59 Å². The molecule has 2 heterocycles. The van der Waals surface area contributed by atoms with E-state index in [0.717, 1.165) is 24.1 Å². The monoisotopic (exact) mass is 353 g/mol. The number of hydrogen-bond donors (Lipinski definition) is 1. The summed E-state index contributed by atoms with van der Waals surface area (Å²) in [5.41, 5.74) is 3.89. The van der Waals surface area contributed by atoms with E-state index >= 15 is 0 Å². The van der Waals surface area contributed by atoms with Crippen LogP contribution >= 0.6 is 0 Å². The van der Waals surface area contributed by atoms with Crippen LogP contribution in [0.4, 0.5) is 0 Å². The van der Waals surface area contributed by atoms with E-state index in [1.165, 1.54) is 10.1 Å². The molecule has 0 aliphatic carbocycles. The minimum atomic E-state index is -0.244. The number of rotatable bonds is 6. The maximum absolute atomic E-state index is 12.7. The minimum absolute atomic E-state index is 0.222. The number of nitrogens with one attached hydrogen (secondary N) is 1. The van der Waals surface area contributed by atoms with E-state index in [2.05, 4.69) is 37.9 Å². The Morgan fingerprint density at radius 2 is 1.85 bits per heavy atom. The summed E-state index contributed by atoms with van der Waals surface area (Å²) in [4.78, 5) is 28.8. The summed E-state index contributed by atoms with van der Waals surface area (Å²) >= 11 is 0. The molecule has 3 aromatic rings. The summed E-state index contributed by atoms with van der Waals surface area (Å²) in [5, 5.41) is 0. The largest absolute Gasteiger partial charge is 0.349 e. The summed E-state index contributed by atoms with van der Waals surface area (Å²) in [7, 11) is 0. The van der Waals surface area contributed by atoms with E-state index in [0.29, 0.717) is 30.0 Å². The van der Waals surface area contributed by atoms with Crippen molar-refractivity contribution in [2.45, 2.75) is 59.5 Å². The van der Waals surface area contributed by atoms with E-state index in [1.807, 2.05) is 25.1 Å². The van der Waals surface area contributed by atoms with Crippen molar-refractivity contribution in [1.82, 2.24) is 14.1 Å². The molecule has 0 spiro atoms. The van der Waals surface area contributed by atoms with Gasteiger partial charge in [0.05, 0.1) is 5.52 Å². The first-order valence-corrected chi connectivity index (χ1v) is 9.44. The lowest BCUT2D eigenvalue weighted by Crippen LogP contribution is -2.39. The minimum Gasteiger partial charge on any atom is -0.349 e. The van der Waals surface area contributed by atoms with E-state index in [1.54, 1.807) is 4.57 Å². The molecular formula is C21H27N3O2. The average molecular weight is 353 g/mol. The molecule has 3 rings (SSSR count). The molecule has 0 unspecified atom stereocenters. The van der Waals surface area contributed by atoms with Crippen molar-refractivity contribution < 1.29 is 0 Å². The van der Waals surface area contributed by atoms with Gasteiger partial charge in [0.15, 0.2) is 0 Å². The van der Waals surface area contributed by atoms with Crippen LogP contribution in [0.2, 0.25) is 0 Å². The van der Waals surface area contributed by atoms with Crippen molar-refractivity contribution in [3.63, 3.8) is 0 Å². The molecule has 26 heavy (non-hydrogen) atoms. The van der Waals surface area contributed by atoms with Crippen LogP contribution in [-0.4, -0.2) is 14.1 Å². The second-order valence-corrected chi connectivity index (χ2v) is 7.06. The summed E-state index contributed by atoms with van der Waals surface area (Å²) in [5.74, 6) is 0.430.